The van der Waals surface area contributed by atoms with Crippen LogP contribution in [0.3, 0.4) is 0 Å². The van der Waals surface area contributed by atoms with E-state index in [-0.39, 0.29) is 29.0 Å². The molecule has 1 aliphatic heterocycles. The molecule has 1 amide bonds. The van der Waals surface area contributed by atoms with Crippen LogP contribution < -0.4 is 5.73 Å². The minimum absolute atomic E-state index is 0. The summed E-state index contributed by atoms with van der Waals surface area (Å²) in [4.78, 5) is 13.8. The van der Waals surface area contributed by atoms with Gasteiger partial charge in [0.25, 0.3) is 0 Å². The van der Waals surface area contributed by atoms with Gasteiger partial charge in [0, 0.05) is 13.1 Å². The molecule has 5 heteroatoms. The van der Waals surface area contributed by atoms with E-state index in [1.165, 1.54) is 0 Å². The number of halogens is 1. The Balaban J connectivity index is 0.00000196. The van der Waals surface area contributed by atoms with E-state index in [1.54, 1.807) is 11.8 Å². The van der Waals surface area contributed by atoms with Crippen molar-refractivity contribution in [2.45, 2.75) is 25.5 Å². The lowest BCUT2D eigenvalue weighted by Crippen LogP contribution is -2.38. The lowest BCUT2D eigenvalue weighted by atomic mass is 9.90. The Hall–Kier alpha value is 0.0700. The first-order valence-electron chi connectivity index (χ1n) is 5.04. The lowest BCUT2D eigenvalue weighted by molar-refractivity contribution is -0.129. The molecule has 90 valence electrons. The largest absolute Gasteiger partial charge is 0.341 e. The van der Waals surface area contributed by atoms with Crippen molar-refractivity contribution in [1.82, 2.24) is 4.90 Å². The predicted molar refractivity (Wildman–Crippen MR) is 68.6 cm³/mol. The summed E-state index contributed by atoms with van der Waals surface area (Å²) >= 11 is 1.61. The zero-order valence-corrected chi connectivity index (χ0v) is 11.3. The minimum atomic E-state index is 0. The van der Waals surface area contributed by atoms with Crippen LogP contribution >= 0.6 is 24.2 Å². The smallest absolute Gasteiger partial charge is 0.235 e. The topological polar surface area (TPSA) is 46.3 Å². The highest BCUT2D eigenvalue weighted by molar-refractivity contribution is 7.99. The van der Waals surface area contributed by atoms with Crippen molar-refractivity contribution in [2.75, 3.05) is 25.9 Å². The van der Waals surface area contributed by atoms with E-state index in [9.17, 15) is 4.79 Å². The summed E-state index contributed by atoms with van der Waals surface area (Å²) in [6.45, 7) is 6.49. The van der Waals surface area contributed by atoms with Gasteiger partial charge in [-0.2, -0.15) is 11.8 Å². The highest BCUT2D eigenvalue weighted by atomic mass is 35.5. The normalized spacial score (nSPS) is 27.3. The average molecular weight is 253 g/mol. The summed E-state index contributed by atoms with van der Waals surface area (Å²) in [5, 5.41) is 0.0788. The van der Waals surface area contributed by atoms with Crippen molar-refractivity contribution >= 4 is 30.1 Å². The molecule has 0 radical (unpaired) electrons. The van der Waals surface area contributed by atoms with E-state index < -0.39 is 0 Å². The van der Waals surface area contributed by atoms with Gasteiger partial charge in [0.05, 0.1) is 5.25 Å². The number of carbonyl (C=O) groups excluding carboxylic acids is 1. The standard InChI is InChI=1S/C10H20N2OS.ClH/c1-8(14-3)9(13)12-5-4-10(2,6-11)7-12;/h8H,4-7,11H2,1-3H3;1H. The van der Waals surface area contributed by atoms with E-state index in [2.05, 4.69) is 6.92 Å². The summed E-state index contributed by atoms with van der Waals surface area (Å²) in [6, 6.07) is 0. The fourth-order valence-electron chi connectivity index (χ4n) is 1.74. The molecule has 15 heavy (non-hydrogen) atoms. The Bertz CT molecular complexity index is 227. The second kappa shape index (κ2) is 5.97. The summed E-state index contributed by atoms with van der Waals surface area (Å²) in [5.74, 6) is 0.259. The quantitative estimate of drug-likeness (QED) is 0.825. The van der Waals surface area contributed by atoms with Gasteiger partial charge >= 0.3 is 0 Å². The Labute approximate surface area is 103 Å². The van der Waals surface area contributed by atoms with Crippen LogP contribution in [0.4, 0.5) is 0 Å². The molecular weight excluding hydrogens is 232 g/mol. The second-order valence-corrected chi connectivity index (χ2v) is 5.58. The number of rotatable bonds is 3. The molecule has 2 N–H and O–H groups in total. The van der Waals surface area contributed by atoms with Crippen LogP contribution in [0.2, 0.25) is 0 Å². The maximum absolute atomic E-state index is 11.8. The first-order valence-corrected chi connectivity index (χ1v) is 6.33. The molecule has 1 rings (SSSR count). The number of amides is 1. The van der Waals surface area contributed by atoms with Crippen molar-refractivity contribution in [3.8, 4) is 0 Å². The van der Waals surface area contributed by atoms with Crippen molar-refractivity contribution in [3.63, 3.8) is 0 Å². The van der Waals surface area contributed by atoms with Crippen molar-refractivity contribution in [2.24, 2.45) is 11.1 Å². The van der Waals surface area contributed by atoms with Gasteiger partial charge in [0.2, 0.25) is 5.91 Å². The van der Waals surface area contributed by atoms with E-state index in [0.717, 1.165) is 19.5 Å². The SMILES string of the molecule is CSC(C)C(=O)N1CCC(C)(CN)C1.Cl. The fraction of sp³-hybridized carbons (Fsp3) is 0.900. The molecule has 1 fully saturated rings. The number of thioether (sulfide) groups is 1. The van der Waals surface area contributed by atoms with Crippen molar-refractivity contribution in [1.29, 1.82) is 0 Å². The van der Waals surface area contributed by atoms with Gasteiger partial charge in [-0.3, -0.25) is 4.79 Å². The van der Waals surface area contributed by atoms with Crippen molar-refractivity contribution < 1.29 is 4.79 Å². The van der Waals surface area contributed by atoms with Gasteiger partial charge in [-0.05, 0) is 31.6 Å². The van der Waals surface area contributed by atoms with Gasteiger partial charge in [-0.1, -0.05) is 6.92 Å². The summed E-state index contributed by atoms with van der Waals surface area (Å²) < 4.78 is 0. The fourth-order valence-corrected chi connectivity index (χ4v) is 2.09. The van der Waals surface area contributed by atoms with E-state index in [1.807, 2.05) is 18.1 Å². The van der Waals surface area contributed by atoms with E-state index >= 15 is 0 Å². The number of likely N-dealkylation sites (tertiary alicyclic amines) is 1. The average Bonchev–Trinajstić information content (AvgIpc) is 2.59. The monoisotopic (exact) mass is 252 g/mol. The number of hydrogen-bond acceptors (Lipinski definition) is 3. The lowest BCUT2D eigenvalue weighted by Gasteiger charge is -2.24. The molecule has 0 aliphatic carbocycles. The van der Waals surface area contributed by atoms with Gasteiger partial charge in [-0.25, -0.2) is 0 Å². The van der Waals surface area contributed by atoms with Gasteiger partial charge < -0.3 is 10.6 Å². The Morgan fingerprint density at radius 3 is 2.67 bits per heavy atom. The third-order valence-electron chi connectivity index (χ3n) is 3.06. The maximum Gasteiger partial charge on any atom is 0.235 e. The molecule has 0 bridgehead atoms. The summed E-state index contributed by atoms with van der Waals surface area (Å²) in [6.07, 6.45) is 3.01. The molecule has 0 aromatic carbocycles. The molecule has 1 saturated heterocycles. The van der Waals surface area contributed by atoms with Gasteiger partial charge in [0.15, 0.2) is 0 Å². The summed E-state index contributed by atoms with van der Waals surface area (Å²) in [7, 11) is 0. The molecule has 1 heterocycles. The predicted octanol–water partition coefficient (Wildman–Crippen LogP) is 1.36. The van der Waals surface area contributed by atoms with Gasteiger partial charge in [0.1, 0.15) is 0 Å². The maximum atomic E-state index is 11.8. The van der Waals surface area contributed by atoms with E-state index in [4.69, 9.17) is 5.73 Å². The van der Waals surface area contributed by atoms with Gasteiger partial charge in [-0.15, -0.1) is 12.4 Å². The molecule has 0 aromatic heterocycles. The summed E-state index contributed by atoms with van der Waals surface area (Å²) in [5.41, 5.74) is 5.84. The molecule has 2 atom stereocenters. The van der Waals surface area contributed by atoms with Crippen LogP contribution in [0.1, 0.15) is 20.3 Å². The van der Waals surface area contributed by atoms with Crippen LogP contribution in [0.25, 0.3) is 0 Å². The zero-order chi connectivity index (χ0) is 10.8. The molecular formula is C10H21ClN2OS. The number of hydrogen-bond donors (Lipinski definition) is 1. The first kappa shape index (κ1) is 15.1. The highest BCUT2D eigenvalue weighted by Crippen LogP contribution is 2.29. The third-order valence-corrected chi connectivity index (χ3v) is 3.97. The van der Waals surface area contributed by atoms with E-state index in [0.29, 0.717) is 6.54 Å². The van der Waals surface area contributed by atoms with Crippen molar-refractivity contribution in [3.05, 3.63) is 0 Å². The number of carbonyl (C=O) groups is 1. The second-order valence-electron chi connectivity index (χ2n) is 4.40. The van der Waals surface area contributed by atoms with Crippen LogP contribution in [-0.4, -0.2) is 41.9 Å². The van der Waals surface area contributed by atoms with Crippen LogP contribution in [-0.2, 0) is 4.79 Å². The Morgan fingerprint density at radius 2 is 2.27 bits per heavy atom. The Morgan fingerprint density at radius 1 is 1.67 bits per heavy atom. The van der Waals surface area contributed by atoms with Crippen LogP contribution in [0, 0.1) is 5.41 Å². The molecule has 3 nitrogen and oxygen atoms in total. The molecule has 1 aliphatic rings. The third kappa shape index (κ3) is 3.54. The Kier molecular flexibility index (Phi) is 5.99. The zero-order valence-electron chi connectivity index (χ0n) is 9.66. The first-order chi connectivity index (χ1) is 6.52. The molecule has 2 unspecified atom stereocenters. The molecule has 0 spiro atoms. The molecule has 0 aromatic rings. The molecule has 0 saturated carbocycles. The number of nitrogens with zero attached hydrogens (tertiary/aromatic N) is 1. The van der Waals surface area contributed by atoms with Crippen LogP contribution in [0.5, 0.6) is 0 Å². The number of nitrogens with two attached hydrogens (primary N) is 1. The van der Waals surface area contributed by atoms with Crippen LogP contribution in [0.15, 0.2) is 0 Å². The minimum Gasteiger partial charge on any atom is -0.341 e. The highest BCUT2D eigenvalue weighted by Gasteiger charge is 2.35.